The van der Waals surface area contributed by atoms with Gasteiger partial charge in [-0.25, -0.2) is 0 Å². The van der Waals surface area contributed by atoms with Gasteiger partial charge in [0.15, 0.2) is 0 Å². The minimum atomic E-state index is 0.383. The van der Waals surface area contributed by atoms with Crippen LogP contribution in [0.3, 0.4) is 0 Å². The Kier molecular flexibility index (Phi) is 5.16. The third kappa shape index (κ3) is 3.83. The molecule has 3 heteroatoms. The first-order valence-corrected chi connectivity index (χ1v) is 6.75. The predicted octanol–water partition coefficient (Wildman–Crippen LogP) is 3.14. The highest BCUT2D eigenvalue weighted by Gasteiger charge is 2.03. The van der Waals surface area contributed by atoms with Crippen molar-refractivity contribution < 1.29 is 9.84 Å². The molecule has 0 unspecified atom stereocenters. The first kappa shape index (κ1) is 14.6. The van der Waals surface area contributed by atoms with Crippen molar-refractivity contribution in [2.24, 2.45) is 0 Å². The van der Waals surface area contributed by atoms with E-state index >= 15 is 0 Å². The van der Waals surface area contributed by atoms with Crippen LogP contribution >= 0.6 is 0 Å². The monoisotopic (exact) mass is 271 g/mol. The van der Waals surface area contributed by atoms with Gasteiger partial charge in [-0.15, -0.1) is 0 Å². The number of benzene rings is 2. The Bertz CT molecular complexity index is 567. The van der Waals surface area contributed by atoms with Crippen LogP contribution in [0.2, 0.25) is 0 Å². The second kappa shape index (κ2) is 7.08. The van der Waals surface area contributed by atoms with Gasteiger partial charge in [-0.1, -0.05) is 42.5 Å². The highest BCUT2D eigenvalue weighted by Crippen LogP contribution is 2.21. The van der Waals surface area contributed by atoms with Crippen molar-refractivity contribution in [3.63, 3.8) is 0 Å². The Hall–Kier alpha value is -1.84. The molecule has 3 nitrogen and oxygen atoms in total. The van der Waals surface area contributed by atoms with Gasteiger partial charge in [-0.05, 0) is 23.6 Å². The molecule has 0 radical (unpaired) electrons. The smallest absolute Gasteiger partial charge is 0.122 e. The van der Waals surface area contributed by atoms with E-state index in [1.165, 1.54) is 11.1 Å². The first-order valence-electron chi connectivity index (χ1n) is 6.75. The van der Waals surface area contributed by atoms with E-state index in [-0.39, 0.29) is 0 Å². The molecular formula is C17H21NO2. The number of methoxy groups -OCH3 is 1. The van der Waals surface area contributed by atoms with Crippen LogP contribution in [0, 0.1) is 6.92 Å². The molecule has 2 aromatic rings. The summed E-state index contributed by atoms with van der Waals surface area (Å²) in [6, 6.07) is 14.1. The van der Waals surface area contributed by atoms with Crippen LogP contribution in [0.5, 0.6) is 5.75 Å². The van der Waals surface area contributed by atoms with Gasteiger partial charge >= 0.3 is 0 Å². The van der Waals surface area contributed by atoms with Crippen LogP contribution in [0.1, 0.15) is 22.3 Å². The summed E-state index contributed by atoms with van der Waals surface area (Å²) in [5.74, 6) is 0.383. The zero-order valence-electron chi connectivity index (χ0n) is 12.0. The van der Waals surface area contributed by atoms with Crippen LogP contribution < -0.4 is 5.32 Å². The largest absolute Gasteiger partial charge is 0.507 e. The number of aromatic hydroxyl groups is 1. The topological polar surface area (TPSA) is 41.5 Å². The van der Waals surface area contributed by atoms with Crippen LogP contribution in [0.4, 0.5) is 0 Å². The van der Waals surface area contributed by atoms with E-state index < -0.39 is 0 Å². The number of hydrogen-bond donors (Lipinski definition) is 2. The Morgan fingerprint density at radius 1 is 1.05 bits per heavy atom. The molecule has 2 aromatic carbocycles. The lowest BCUT2D eigenvalue weighted by molar-refractivity contribution is 0.185. The molecule has 0 spiro atoms. The Balaban J connectivity index is 1.92. The van der Waals surface area contributed by atoms with E-state index in [9.17, 15) is 5.11 Å². The van der Waals surface area contributed by atoms with Gasteiger partial charge in [-0.2, -0.15) is 0 Å². The van der Waals surface area contributed by atoms with Crippen molar-refractivity contribution >= 4 is 0 Å². The fourth-order valence-electron chi connectivity index (χ4n) is 2.20. The van der Waals surface area contributed by atoms with Crippen LogP contribution in [0.25, 0.3) is 0 Å². The summed E-state index contributed by atoms with van der Waals surface area (Å²) in [7, 11) is 1.70. The third-order valence-electron chi connectivity index (χ3n) is 3.27. The van der Waals surface area contributed by atoms with Gasteiger partial charge in [0.1, 0.15) is 5.75 Å². The van der Waals surface area contributed by atoms with Crippen LogP contribution in [-0.2, 0) is 24.4 Å². The minimum Gasteiger partial charge on any atom is -0.507 e. The lowest BCUT2D eigenvalue weighted by atomic mass is 10.1. The van der Waals surface area contributed by atoms with Gasteiger partial charge in [0, 0.05) is 25.8 Å². The van der Waals surface area contributed by atoms with Crippen LogP contribution in [0.15, 0.2) is 42.5 Å². The first-order chi connectivity index (χ1) is 9.70. The molecule has 0 atom stereocenters. The normalized spacial score (nSPS) is 10.7. The van der Waals surface area contributed by atoms with Crippen molar-refractivity contribution in [2.45, 2.75) is 26.6 Å². The standard InChI is InChI=1S/C17H21NO2/c1-13-5-3-8-16(17(13)19)11-18-10-14-6-4-7-15(9-14)12-20-2/h3-9,18-19H,10-12H2,1-2H3. The summed E-state index contributed by atoms with van der Waals surface area (Å²) in [5, 5.41) is 13.3. The molecular weight excluding hydrogens is 250 g/mol. The molecule has 20 heavy (non-hydrogen) atoms. The number of hydrogen-bond acceptors (Lipinski definition) is 3. The molecule has 0 saturated carbocycles. The zero-order valence-corrected chi connectivity index (χ0v) is 12.0. The summed E-state index contributed by atoms with van der Waals surface area (Å²) in [6.07, 6.45) is 0. The van der Waals surface area contributed by atoms with Crippen molar-refractivity contribution in [2.75, 3.05) is 7.11 Å². The summed E-state index contributed by atoms with van der Waals surface area (Å²) < 4.78 is 5.13. The molecule has 0 fully saturated rings. The molecule has 0 heterocycles. The molecule has 106 valence electrons. The lowest BCUT2D eigenvalue weighted by Crippen LogP contribution is -2.13. The van der Waals surface area contributed by atoms with Crippen molar-refractivity contribution in [1.82, 2.24) is 5.32 Å². The fraction of sp³-hybridized carbons (Fsp3) is 0.294. The SMILES string of the molecule is COCc1cccc(CNCc2cccc(C)c2O)c1. The zero-order chi connectivity index (χ0) is 14.4. The molecule has 0 bridgehead atoms. The molecule has 0 saturated heterocycles. The average molecular weight is 271 g/mol. The van der Waals surface area contributed by atoms with E-state index in [0.29, 0.717) is 18.9 Å². The number of aryl methyl sites for hydroxylation is 1. The van der Waals surface area contributed by atoms with Crippen molar-refractivity contribution in [1.29, 1.82) is 0 Å². The van der Waals surface area contributed by atoms with Crippen molar-refractivity contribution in [3.05, 3.63) is 64.7 Å². The quantitative estimate of drug-likeness (QED) is 0.848. The van der Waals surface area contributed by atoms with E-state index in [0.717, 1.165) is 17.7 Å². The maximum absolute atomic E-state index is 9.95. The predicted molar refractivity (Wildman–Crippen MR) is 80.5 cm³/mol. The number of para-hydroxylation sites is 1. The summed E-state index contributed by atoms with van der Waals surface area (Å²) in [4.78, 5) is 0. The van der Waals surface area contributed by atoms with Gasteiger partial charge in [0.25, 0.3) is 0 Å². The molecule has 2 N–H and O–H groups in total. The number of phenols is 1. The number of phenolic OH excluding ortho intramolecular Hbond substituents is 1. The average Bonchev–Trinajstić information content (AvgIpc) is 2.44. The highest BCUT2D eigenvalue weighted by molar-refractivity contribution is 5.39. The Labute approximate surface area is 120 Å². The third-order valence-corrected chi connectivity index (χ3v) is 3.27. The van der Waals surface area contributed by atoms with Gasteiger partial charge in [0.05, 0.1) is 6.61 Å². The maximum atomic E-state index is 9.95. The number of nitrogens with one attached hydrogen (secondary N) is 1. The summed E-state index contributed by atoms with van der Waals surface area (Å²) in [6.45, 7) is 3.96. The van der Waals surface area contributed by atoms with E-state index in [2.05, 4.69) is 23.5 Å². The van der Waals surface area contributed by atoms with E-state index in [4.69, 9.17) is 4.74 Å². The molecule has 0 aliphatic carbocycles. The number of rotatable bonds is 6. The Morgan fingerprint density at radius 2 is 1.80 bits per heavy atom. The lowest BCUT2D eigenvalue weighted by Gasteiger charge is -2.09. The van der Waals surface area contributed by atoms with Gasteiger partial charge in [0.2, 0.25) is 0 Å². The Morgan fingerprint density at radius 3 is 2.60 bits per heavy atom. The van der Waals surface area contributed by atoms with Gasteiger partial charge < -0.3 is 15.2 Å². The molecule has 0 aliphatic rings. The highest BCUT2D eigenvalue weighted by atomic mass is 16.5. The van der Waals surface area contributed by atoms with E-state index in [1.807, 2.05) is 31.2 Å². The minimum absolute atomic E-state index is 0.383. The summed E-state index contributed by atoms with van der Waals surface area (Å²) in [5.41, 5.74) is 4.22. The molecule has 2 rings (SSSR count). The van der Waals surface area contributed by atoms with Crippen molar-refractivity contribution in [3.8, 4) is 5.75 Å². The van der Waals surface area contributed by atoms with E-state index in [1.54, 1.807) is 7.11 Å². The number of ether oxygens (including phenoxy) is 1. The molecule has 0 aromatic heterocycles. The summed E-state index contributed by atoms with van der Waals surface area (Å²) >= 11 is 0. The second-order valence-electron chi connectivity index (χ2n) is 4.94. The second-order valence-corrected chi connectivity index (χ2v) is 4.94. The fourth-order valence-corrected chi connectivity index (χ4v) is 2.20. The molecule has 0 amide bonds. The van der Waals surface area contributed by atoms with Gasteiger partial charge in [-0.3, -0.25) is 0 Å². The molecule has 0 aliphatic heterocycles. The maximum Gasteiger partial charge on any atom is 0.122 e. The van der Waals surface area contributed by atoms with Crippen LogP contribution in [-0.4, -0.2) is 12.2 Å².